The van der Waals surface area contributed by atoms with Crippen LogP contribution in [0.15, 0.2) is 47.1 Å². The van der Waals surface area contributed by atoms with E-state index >= 15 is 0 Å². The van der Waals surface area contributed by atoms with E-state index in [0.717, 1.165) is 30.7 Å². The van der Waals surface area contributed by atoms with Gasteiger partial charge in [0, 0.05) is 5.71 Å². The van der Waals surface area contributed by atoms with Crippen molar-refractivity contribution in [3.63, 3.8) is 0 Å². The highest BCUT2D eigenvalue weighted by Gasteiger charge is 2.07. The second kappa shape index (κ2) is 8.91. The molecule has 0 saturated carbocycles. The summed E-state index contributed by atoms with van der Waals surface area (Å²) in [6.45, 7) is 4.17. The van der Waals surface area contributed by atoms with E-state index < -0.39 is 5.97 Å². The van der Waals surface area contributed by atoms with Crippen LogP contribution in [0.5, 0.6) is 0 Å². The molecule has 0 radical (unpaired) electrons. The minimum Gasteiger partial charge on any atom is -0.461 e. The van der Waals surface area contributed by atoms with Crippen LogP contribution in [0.3, 0.4) is 0 Å². The monoisotopic (exact) mass is 274 g/mol. The Bertz CT molecular complexity index is 479. The summed E-state index contributed by atoms with van der Waals surface area (Å²) in [6.07, 6.45) is 4.45. The maximum atomic E-state index is 11.5. The number of allylic oxidation sites excluding steroid dienone is 1. The van der Waals surface area contributed by atoms with Gasteiger partial charge in [0.2, 0.25) is 0 Å². The first kappa shape index (κ1) is 16.0. The molecule has 108 valence electrons. The van der Waals surface area contributed by atoms with Gasteiger partial charge in [-0.1, -0.05) is 31.5 Å². The van der Waals surface area contributed by atoms with E-state index in [2.05, 4.69) is 11.9 Å². The fourth-order valence-electron chi connectivity index (χ4n) is 1.64. The lowest BCUT2D eigenvalue weighted by Gasteiger charge is -2.04. The van der Waals surface area contributed by atoms with E-state index in [4.69, 9.17) is 10.5 Å². The second-order valence-corrected chi connectivity index (χ2v) is 4.36. The zero-order valence-electron chi connectivity index (χ0n) is 12.1. The lowest BCUT2D eigenvalue weighted by Crippen LogP contribution is -2.16. The Balaban J connectivity index is 2.92. The van der Waals surface area contributed by atoms with Crippen molar-refractivity contribution in [1.82, 2.24) is 0 Å². The molecular weight excluding hydrogens is 252 g/mol. The minimum absolute atomic E-state index is 0.0950. The van der Waals surface area contributed by atoms with Crippen molar-refractivity contribution in [1.29, 1.82) is 0 Å². The van der Waals surface area contributed by atoms with Gasteiger partial charge in [-0.25, -0.2) is 4.79 Å². The molecule has 0 bridgehead atoms. The normalized spacial score (nSPS) is 12.3. The van der Waals surface area contributed by atoms with Gasteiger partial charge >= 0.3 is 5.97 Å². The number of rotatable bonds is 7. The van der Waals surface area contributed by atoms with Crippen LogP contribution in [0.4, 0.5) is 5.69 Å². The summed E-state index contributed by atoms with van der Waals surface area (Å²) in [4.78, 5) is 16.1. The zero-order valence-corrected chi connectivity index (χ0v) is 12.1. The number of carbonyl (C=O) groups excluding carboxylic acids is 1. The molecule has 4 heteroatoms. The van der Waals surface area contributed by atoms with Crippen molar-refractivity contribution < 1.29 is 9.53 Å². The highest BCUT2D eigenvalue weighted by atomic mass is 16.5. The fraction of sp³-hybridized carbons (Fsp3) is 0.375. The average molecular weight is 274 g/mol. The number of ether oxygens (including phenoxy) is 1. The van der Waals surface area contributed by atoms with Crippen molar-refractivity contribution in [2.45, 2.75) is 33.1 Å². The third kappa shape index (κ3) is 5.69. The number of unbranched alkanes of at least 4 members (excludes halogenated alkanes) is 1. The third-order valence-electron chi connectivity index (χ3n) is 2.65. The first-order chi connectivity index (χ1) is 9.67. The van der Waals surface area contributed by atoms with Gasteiger partial charge in [-0.15, -0.1) is 0 Å². The van der Waals surface area contributed by atoms with Gasteiger partial charge in [-0.3, -0.25) is 4.99 Å². The number of para-hydroxylation sites is 1. The summed E-state index contributed by atoms with van der Waals surface area (Å²) in [7, 11) is 0. The highest BCUT2D eigenvalue weighted by Crippen LogP contribution is 2.13. The molecule has 2 N–H and O–H groups in total. The van der Waals surface area contributed by atoms with Gasteiger partial charge in [0.15, 0.2) is 0 Å². The molecule has 0 aliphatic heterocycles. The SMILES string of the molecule is CCCCC(/C=C(\N)C(=O)OCC)=Nc1ccccc1. The van der Waals surface area contributed by atoms with E-state index in [0.29, 0.717) is 6.61 Å². The lowest BCUT2D eigenvalue weighted by molar-refractivity contribution is -0.138. The number of hydrogen-bond acceptors (Lipinski definition) is 4. The van der Waals surface area contributed by atoms with Crippen LogP contribution in [-0.2, 0) is 9.53 Å². The van der Waals surface area contributed by atoms with Crippen LogP contribution in [0, 0.1) is 0 Å². The van der Waals surface area contributed by atoms with E-state index in [1.54, 1.807) is 13.0 Å². The highest BCUT2D eigenvalue weighted by molar-refractivity contribution is 6.02. The van der Waals surface area contributed by atoms with E-state index in [9.17, 15) is 4.79 Å². The molecule has 0 aromatic heterocycles. The third-order valence-corrected chi connectivity index (χ3v) is 2.65. The van der Waals surface area contributed by atoms with Crippen molar-refractivity contribution >= 4 is 17.4 Å². The molecule has 0 heterocycles. The maximum Gasteiger partial charge on any atom is 0.354 e. The van der Waals surface area contributed by atoms with Crippen molar-refractivity contribution in [3.05, 3.63) is 42.1 Å². The van der Waals surface area contributed by atoms with Gasteiger partial charge < -0.3 is 10.5 Å². The molecule has 0 unspecified atom stereocenters. The Morgan fingerprint density at radius 1 is 1.30 bits per heavy atom. The number of benzene rings is 1. The van der Waals surface area contributed by atoms with E-state index in [-0.39, 0.29) is 5.70 Å². The van der Waals surface area contributed by atoms with Crippen LogP contribution >= 0.6 is 0 Å². The van der Waals surface area contributed by atoms with Crippen molar-refractivity contribution in [3.8, 4) is 0 Å². The number of aliphatic imine (C=N–C) groups is 1. The average Bonchev–Trinajstić information content (AvgIpc) is 2.46. The lowest BCUT2D eigenvalue weighted by atomic mass is 10.1. The van der Waals surface area contributed by atoms with Crippen LogP contribution < -0.4 is 5.73 Å². The molecule has 1 aromatic carbocycles. The quantitative estimate of drug-likeness (QED) is 0.471. The number of nitrogens with zero attached hydrogens (tertiary/aromatic N) is 1. The smallest absolute Gasteiger partial charge is 0.354 e. The van der Waals surface area contributed by atoms with Crippen molar-refractivity contribution in [2.75, 3.05) is 6.61 Å². The molecule has 20 heavy (non-hydrogen) atoms. The number of nitrogens with two attached hydrogens (primary N) is 1. The summed E-state index contributed by atoms with van der Waals surface area (Å²) in [5.74, 6) is -0.496. The van der Waals surface area contributed by atoms with Gasteiger partial charge in [0.05, 0.1) is 12.3 Å². The first-order valence-electron chi connectivity index (χ1n) is 6.94. The largest absolute Gasteiger partial charge is 0.461 e. The van der Waals surface area contributed by atoms with Crippen LogP contribution in [0.25, 0.3) is 0 Å². The van der Waals surface area contributed by atoms with Gasteiger partial charge in [-0.2, -0.15) is 0 Å². The van der Waals surface area contributed by atoms with Gasteiger partial charge in [-0.05, 0) is 38.0 Å². The zero-order chi connectivity index (χ0) is 14.8. The Hall–Kier alpha value is -2.10. The van der Waals surface area contributed by atoms with Crippen LogP contribution in [0.2, 0.25) is 0 Å². The van der Waals surface area contributed by atoms with Gasteiger partial charge in [0.1, 0.15) is 5.70 Å². The van der Waals surface area contributed by atoms with E-state index in [1.165, 1.54) is 0 Å². The summed E-state index contributed by atoms with van der Waals surface area (Å²) < 4.78 is 4.87. The Labute approximate surface area is 120 Å². The molecule has 0 aliphatic carbocycles. The maximum absolute atomic E-state index is 11.5. The number of hydrogen-bond donors (Lipinski definition) is 1. The van der Waals surface area contributed by atoms with Gasteiger partial charge in [0.25, 0.3) is 0 Å². The molecule has 0 spiro atoms. The minimum atomic E-state index is -0.496. The Morgan fingerprint density at radius 2 is 2.00 bits per heavy atom. The van der Waals surface area contributed by atoms with E-state index in [1.807, 2.05) is 30.3 Å². The standard InChI is InChI=1S/C16H22N2O2/c1-3-5-9-14(12-15(17)16(19)20-4-2)18-13-10-7-6-8-11-13/h6-8,10-12H,3-5,9,17H2,1-2H3/b15-12-,18-14?. The number of carbonyl (C=O) groups is 1. The predicted octanol–water partition coefficient (Wildman–Crippen LogP) is 3.36. The van der Waals surface area contributed by atoms with Crippen LogP contribution in [0.1, 0.15) is 33.1 Å². The summed E-state index contributed by atoms with van der Waals surface area (Å²) >= 11 is 0. The van der Waals surface area contributed by atoms with Crippen LogP contribution in [-0.4, -0.2) is 18.3 Å². The molecule has 1 aromatic rings. The van der Waals surface area contributed by atoms with Crippen molar-refractivity contribution in [2.24, 2.45) is 10.7 Å². The molecule has 0 aliphatic rings. The Kier molecular flexibility index (Phi) is 7.11. The first-order valence-corrected chi connectivity index (χ1v) is 6.94. The second-order valence-electron chi connectivity index (χ2n) is 4.36. The molecular formula is C16H22N2O2. The molecule has 0 amide bonds. The number of esters is 1. The molecule has 0 atom stereocenters. The summed E-state index contributed by atoms with van der Waals surface area (Å²) in [5, 5.41) is 0. The predicted molar refractivity (Wildman–Crippen MR) is 82.0 cm³/mol. The molecule has 0 saturated heterocycles. The summed E-state index contributed by atoms with van der Waals surface area (Å²) in [5.41, 5.74) is 7.48. The fourth-order valence-corrected chi connectivity index (χ4v) is 1.64. The molecule has 1 rings (SSSR count). The molecule has 4 nitrogen and oxygen atoms in total. The Morgan fingerprint density at radius 3 is 2.60 bits per heavy atom. The topological polar surface area (TPSA) is 64.7 Å². The molecule has 0 fully saturated rings. The summed E-state index contributed by atoms with van der Waals surface area (Å²) in [6, 6.07) is 9.62.